The number of aromatic nitrogens is 2. The first-order chi connectivity index (χ1) is 16.9. The maximum atomic E-state index is 12.1. The van der Waals surface area contributed by atoms with E-state index in [4.69, 9.17) is 23.9 Å². The van der Waals surface area contributed by atoms with Crippen molar-refractivity contribution in [2.75, 3.05) is 6.61 Å². The lowest BCUT2D eigenvalue weighted by Crippen LogP contribution is -2.41. The van der Waals surface area contributed by atoms with Gasteiger partial charge in [0, 0.05) is 17.0 Å². The van der Waals surface area contributed by atoms with E-state index in [1.807, 2.05) is 35.9 Å². The summed E-state index contributed by atoms with van der Waals surface area (Å²) in [7, 11) is -0.455. The zero-order valence-corrected chi connectivity index (χ0v) is 22.7. The van der Waals surface area contributed by atoms with Gasteiger partial charge in [0.25, 0.3) is 0 Å². The first kappa shape index (κ1) is 26.2. The molecule has 1 aliphatic heterocycles. The van der Waals surface area contributed by atoms with Crippen LogP contribution in [-0.2, 0) is 31.9 Å². The van der Waals surface area contributed by atoms with Gasteiger partial charge in [-0.3, -0.25) is 9.48 Å². The Morgan fingerprint density at radius 2 is 1.78 bits per heavy atom. The number of esters is 1. The summed E-state index contributed by atoms with van der Waals surface area (Å²) in [5.74, 6) is 0.394. The lowest BCUT2D eigenvalue weighted by atomic mass is 9.78. The molecule has 192 valence electrons. The van der Waals surface area contributed by atoms with Crippen LogP contribution in [0.4, 0.5) is 0 Å². The van der Waals surface area contributed by atoms with Crippen LogP contribution in [0.5, 0.6) is 5.75 Å². The first-order valence-electron chi connectivity index (χ1n) is 12.7. The Kier molecular flexibility index (Phi) is 7.22. The fourth-order valence-corrected chi connectivity index (χ4v) is 4.30. The summed E-state index contributed by atoms with van der Waals surface area (Å²) in [6.07, 6.45) is 0.163. The molecule has 0 spiro atoms. The lowest BCUT2D eigenvalue weighted by Gasteiger charge is -2.32. The molecule has 2 heterocycles. The van der Waals surface area contributed by atoms with Crippen LogP contribution in [0, 0.1) is 6.92 Å². The van der Waals surface area contributed by atoms with Gasteiger partial charge in [-0.2, -0.15) is 5.10 Å². The predicted octanol–water partition coefficient (Wildman–Crippen LogP) is 4.91. The maximum absolute atomic E-state index is 12.1. The van der Waals surface area contributed by atoms with Gasteiger partial charge >= 0.3 is 13.1 Å². The van der Waals surface area contributed by atoms with Crippen LogP contribution in [-0.4, -0.2) is 40.7 Å². The van der Waals surface area contributed by atoms with Crippen LogP contribution in [0.1, 0.15) is 71.3 Å². The monoisotopic (exact) mass is 492 g/mol. The Bertz CT molecular complexity index is 1250. The number of aryl methyl sites for hydroxylation is 1. The minimum absolute atomic E-state index is 0.163. The van der Waals surface area contributed by atoms with Crippen LogP contribution in [0.15, 0.2) is 36.4 Å². The van der Waals surface area contributed by atoms with E-state index in [9.17, 15) is 4.79 Å². The molecule has 7 nitrogen and oxygen atoms in total. The Hall–Kier alpha value is -2.84. The van der Waals surface area contributed by atoms with E-state index in [0.29, 0.717) is 12.4 Å². The van der Waals surface area contributed by atoms with Gasteiger partial charge in [0.05, 0.1) is 29.7 Å². The molecular weight excluding hydrogens is 455 g/mol. The molecule has 8 heteroatoms. The molecule has 0 saturated carbocycles. The van der Waals surface area contributed by atoms with Gasteiger partial charge in [0.15, 0.2) is 0 Å². The van der Waals surface area contributed by atoms with Crippen LogP contribution >= 0.6 is 0 Å². The van der Waals surface area contributed by atoms with E-state index in [2.05, 4.69) is 53.7 Å². The van der Waals surface area contributed by atoms with Gasteiger partial charge in [-0.05, 0) is 78.5 Å². The normalized spacial score (nSPS) is 16.6. The van der Waals surface area contributed by atoms with Crippen molar-refractivity contribution in [3.63, 3.8) is 0 Å². The fraction of sp³-hybridized carbons (Fsp3) is 0.500. The highest BCUT2D eigenvalue weighted by molar-refractivity contribution is 6.62. The van der Waals surface area contributed by atoms with Crippen molar-refractivity contribution in [2.45, 2.75) is 85.7 Å². The van der Waals surface area contributed by atoms with E-state index in [1.54, 1.807) is 6.92 Å². The number of nitrogens with zero attached hydrogens (tertiary/aromatic N) is 2. The molecule has 1 aliphatic rings. The van der Waals surface area contributed by atoms with Gasteiger partial charge in [0.2, 0.25) is 0 Å². The minimum atomic E-state index is -0.455. The van der Waals surface area contributed by atoms with E-state index < -0.39 is 18.3 Å². The van der Waals surface area contributed by atoms with E-state index in [1.165, 1.54) is 0 Å². The zero-order chi connectivity index (χ0) is 26.3. The lowest BCUT2D eigenvalue weighted by molar-refractivity contribution is -0.142. The second-order valence-corrected chi connectivity index (χ2v) is 10.7. The molecule has 1 aromatic heterocycles. The number of fused-ring (bicyclic) bond motifs is 1. The van der Waals surface area contributed by atoms with Crippen molar-refractivity contribution in [2.24, 2.45) is 0 Å². The van der Waals surface area contributed by atoms with Crippen molar-refractivity contribution >= 4 is 29.5 Å². The second kappa shape index (κ2) is 9.90. The van der Waals surface area contributed by atoms with Crippen molar-refractivity contribution in [1.82, 2.24) is 9.78 Å². The number of carbonyl (C=O) groups excluding carboxylic acids is 1. The molecule has 36 heavy (non-hydrogen) atoms. The molecular formula is C28H37BN2O5. The van der Waals surface area contributed by atoms with Crippen LogP contribution in [0.25, 0.3) is 10.9 Å². The average molecular weight is 492 g/mol. The molecule has 0 atom stereocenters. The maximum Gasteiger partial charge on any atom is 0.494 e. The summed E-state index contributed by atoms with van der Waals surface area (Å²) < 4.78 is 26.0. The van der Waals surface area contributed by atoms with Crippen molar-refractivity contribution in [3.8, 4) is 5.75 Å². The Morgan fingerprint density at radius 3 is 2.42 bits per heavy atom. The third-order valence-corrected chi connectivity index (χ3v) is 7.05. The number of ether oxygens (including phenoxy) is 2. The Balaban J connectivity index is 1.65. The number of hydrogen-bond donors (Lipinski definition) is 0. The standard InChI is InChI=1S/C28H37BN2O5/c1-9-33-26(32)15-20-11-10-19(4)14-25(20)34-17-23-22-16-21(12-13-24(22)31(30-23)18(2)3)29-35-27(5,6)28(7,8)36-29/h10-14,16,18H,9,15,17H2,1-8H3. The van der Waals surface area contributed by atoms with Gasteiger partial charge in [-0.15, -0.1) is 0 Å². The smallest absolute Gasteiger partial charge is 0.487 e. The highest BCUT2D eigenvalue weighted by atomic mass is 16.7. The quantitative estimate of drug-likeness (QED) is 0.329. The van der Waals surface area contributed by atoms with Gasteiger partial charge in [-0.1, -0.05) is 24.3 Å². The molecule has 0 radical (unpaired) electrons. The molecule has 0 aliphatic carbocycles. The molecule has 4 rings (SSSR count). The summed E-state index contributed by atoms with van der Waals surface area (Å²) in [5.41, 5.74) is 3.81. The van der Waals surface area contributed by atoms with E-state index in [0.717, 1.165) is 33.2 Å². The summed E-state index contributed by atoms with van der Waals surface area (Å²) in [6.45, 7) is 16.9. The summed E-state index contributed by atoms with van der Waals surface area (Å²) in [5, 5.41) is 5.89. The summed E-state index contributed by atoms with van der Waals surface area (Å²) in [4.78, 5) is 12.1. The predicted molar refractivity (Wildman–Crippen MR) is 142 cm³/mol. The molecule has 0 amide bonds. The Labute approximate surface area is 214 Å². The highest BCUT2D eigenvalue weighted by Crippen LogP contribution is 2.37. The van der Waals surface area contributed by atoms with Crippen LogP contribution in [0.3, 0.4) is 0 Å². The van der Waals surface area contributed by atoms with Gasteiger partial charge in [0.1, 0.15) is 18.1 Å². The molecule has 1 saturated heterocycles. The van der Waals surface area contributed by atoms with Gasteiger partial charge in [-0.25, -0.2) is 0 Å². The third kappa shape index (κ3) is 5.16. The molecule has 0 unspecified atom stereocenters. The number of hydrogen-bond acceptors (Lipinski definition) is 6. The summed E-state index contributed by atoms with van der Waals surface area (Å²) >= 11 is 0. The van der Waals surface area contributed by atoms with Crippen molar-refractivity contribution < 1.29 is 23.6 Å². The van der Waals surface area contributed by atoms with Crippen molar-refractivity contribution in [3.05, 3.63) is 53.2 Å². The molecule has 2 aromatic carbocycles. The first-order valence-corrected chi connectivity index (χ1v) is 12.7. The molecule has 0 bridgehead atoms. The number of carbonyl (C=O) groups is 1. The van der Waals surface area contributed by atoms with E-state index >= 15 is 0 Å². The second-order valence-electron chi connectivity index (χ2n) is 10.7. The topological polar surface area (TPSA) is 71.8 Å². The fourth-order valence-electron chi connectivity index (χ4n) is 4.30. The average Bonchev–Trinajstić information content (AvgIpc) is 3.27. The van der Waals surface area contributed by atoms with Crippen LogP contribution < -0.4 is 10.2 Å². The van der Waals surface area contributed by atoms with E-state index in [-0.39, 0.29) is 25.0 Å². The third-order valence-electron chi connectivity index (χ3n) is 7.05. The largest absolute Gasteiger partial charge is 0.494 e. The Morgan fingerprint density at radius 1 is 1.08 bits per heavy atom. The number of rotatable bonds is 8. The zero-order valence-electron chi connectivity index (χ0n) is 22.7. The number of benzene rings is 2. The highest BCUT2D eigenvalue weighted by Gasteiger charge is 2.51. The van der Waals surface area contributed by atoms with Crippen LogP contribution in [0.2, 0.25) is 0 Å². The molecule has 1 fully saturated rings. The molecule has 0 N–H and O–H groups in total. The van der Waals surface area contributed by atoms with Crippen molar-refractivity contribution in [1.29, 1.82) is 0 Å². The molecule has 3 aromatic rings. The van der Waals surface area contributed by atoms with Gasteiger partial charge < -0.3 is 18.8 Å². The summed E-state index contributed by atoms with van der Waals surface area (Å²) in [6, 6.07) is 12.2. The minimum Gasteiger partial charge on any atom is -0.487 e. The SMILES string of the molecule is CCOC(=O)Cc1ccc(C)cc1OCc1nn(C(C)C)c2ccc(B3OC(C)(C)C(C)(C)O3)cc12.